The zero-order valence-electron chi connectivity index (χ0n) is 8.41. The molecular formula is C12H16FN. The van der Waals surface area contributed by atoms with E-state index in [4.69, 9.17) is 5.73 Å². The maximum atomic E-state index is 12.7. The van der Waals surface area contributed by atoms with Crippen LogP contribution in [0.25, 0.3) is 0 Å². The Hall–Kier alpha value is -0.890. The maximum Gasteiger partial charge on any atom is 0.123 e. The van der Waals surface area contributed by atoms with Crippen LogP contribution in [0.5, 0.6) is 0 Å². The first-order valence-corrected chi connectivity index (χ1v) is 5.18. The average molecular weight is 193 g/mol. The van der Waals surface area contributed by atoms with Crippen molar-refractivity contribution in [2.24, 2.45) is 11.7 Å². The molecule has 0 spiro atoms. The first-order valence-electron chi connectivity index (χ1n) is 5.18. The second-order valence-electron chi connectivity index (χ2n) is 4.34. The minimum atomic E-state index is -0.156. The van der Waals surface area contributed by atoms with Gasteiger partial charge in [-0.3, -0.25) is 0 Å². The number of hydrogen-bond donors (Lipinski definition) is 1. The molecule has 1 saturated carbocycles. The number of halogens is 1. The number of hydrogen-bond acceptors (Lipinski definition) is 1. The molecule has 0 radical (unpaired) electrons. The largest absolute Gasteiger partial charge is 0.328 e. The molecule has 2 heteroatoms. The first kappa shape index (κ1) is 9.66. The van der Waals surface area contributed by atoms with Crippen molar-refractivity contribution in [3.05, 3.63) is 35.6 Å². The highest BCUT2D eigenvalue weighted by molar-refractivity contribution is 5.23. The molecule has 1 nitrogen and oxygen atoms in total. The molecule has 1 atom stereocenters. The van der Waals surface area contributed by atoms with Gasteiger partial charge in [0.25, 0.3) is 0 Å². The molecule has 1 aromatic rings. The fourth-order valence-corrected chi connectivity index (χ4v) is 2.10. The molecule has 0 amide bonds. The van der Waals surface area contributed by atoms with E-state index in [1.807, 2.05) is 12.1 Å². The van der Waals surface area contributed by atoms with Gasteiger partial charge in [-0.2, -0.15) is 0 Å². The van der Waals surface area contributed by atoms with Crippen molar-refractivity contribution >= 4 is 0 Å². The third kappa shape index (κ3) is 1.80. The molecule has 1 aliphatic rings. The molecule has 1 fully saturated rings. The van der Waals surface area contributed by atoms with Crippen molar-refractivity contribution in [1.82, 2.24) is 0 Å². The Labute approximate surface area is 84.1 Å². The van der Waals surface area contributed by atoms with Gasteiger partial charge in [-0.25, -0.2) is 4.39 Å². The highest BCUT2D eigenvalue weighted by Gasteiger charge is 2.32. The fourth-order valence-electron chi connectivity index (χ4n) is 2.10. The van der Waals surface area contributed by atoms with Gasteiger partial charge in [0.1, 0.15) is 5.82 Å². The quantitative estimate of drug-likeness (QED) is 0.767. The predicted molar refractivity (Wildman–Crippen MR) is 55.5 cm³/mol. The highest BCUT2D eigenvalue weighted by Crippen LogP contribution is 2.42. The third-order valence-corrected chi connectivity index (χ3v) is 3.26. The molecule has 0 saturated heterocycles. The van der Waals surface area contributed by atoms with Gasteiger partial charge in [-0.05, 0) is 49.3 Å². The van der Waals surface area contributed by atoms with E-state index in [0.717, 1.165) is 12.8 Å². The zero-order valence-corrected chi connectivity index (χ0v) is 8.41. The topological polar surface area (TPSA) is 26.0 Å². The van der Waals surface area contributed by atoms with Crippen molar-refractivity contribution < 1.29 is 4.39 Å². The van der Waals surface area contributed by atoms with Crippen molar-refractivity contribution in [1.29, 1.82) is 0 Å². The van der Waals surface area contributed by atoms with Gasteiger partial charge in [-0.15, -0.1) is 0 Å². The van der Waals surface area contributed by atoms with Crippen LogP contribution in [0.2, 0.25) is 0 Å². The summed E-state index contributed by atoms with van der Waals surface area (Å²) in [5, 5.41) is 0. The summed E-state index contributed by atoms with van der Waals surface area (Å²) in [6.45, 7) is 2.06. The van der Waals surface area contributed by atoms with E-state index in [1.165, 1.54) is 17.7 Å². The Kier molecular flexibility index (Phi) is 2.55. The van der Waals surface area contributed by atoms with Gasteiger partial charge in [0.15, 0.2) is 0 Å². The average Bonchev–Trinajstić information content (AvgIpc) is 2.05. The van der Waals surface area contributed by atoms with Crippen LogP contribution >= 0.6 is 0 Å². The van der Waals surface area contributed by atoms with Crippen LogP contribution in [-0.4, -0.2) is 6.04 Å². The van der Waals surface area contributed by atoms with Crippen molar-refractivity contribution in [3.63, 3.8) is 0 Å². The van der Waals surface area contributed by atoms with E-state index in [2.05, 4.69) is 6.92 Å². The van der Waals surface area contributed by atoms with Gasteiger partial charge in [0.05, 0.1) is 0 Å². The molecule has 2 rings (SSSR count). The van der Waals surface area contributed by atoms with Gasteiger partial charge in [0, 0.05) is 6.04 Å². The lowest BCUT2D eigenvalue weighted by molar-refractivity contribution is 0.229. The molecular weight excluding hydrogens is 177 g/mol. The summed E-state index contributed by atoms with van der Waals surface area (Å²) in [5.41, 5.74) is 7.06. The van der Waals surface area contributed by atoms with Crippen molar-refractivity contribution in [2.45, 2.75) is 31.7 Å². The monoisotopic (exact) mass is 193 g/mol. The van der Waals surface area contributed by atoms with E-state index >= 15 is 0 Å². The summed E-state index contributed by atoms with van der Waals surface area (Å²) in [7, 11) is 0. The third-order valence-electron chi connectivity index (χ3n) is 3.26. The smallest absolute Gasteiger partial charge is 0.123 e. The van der Waals surface area contributed by atoms with Crippen LogP contribution in [0.4, 0.5) is 4.39 Å². The summed E-state index contributed by atoms with van der Waals surface area (Å²) in [6.07, 6.45) is 2.31. The molecule has 0 aliphatic heterocycles. The number of benzene rings is 1. The lowest BCUT2D eigenvalue weighted by atomic mass is 9.69. The molecule has 0 aromatic heterocycles. The van der Waals surface area contributed by atoms with E-state index in [9.17, 15) is 4.39 Å². The van der Waals surface area contributed by atoms with Gasteiger partial charge < -0.3 is 5.73 Å². The number of nitrogens with two attached hydrogens (primary N) is 1. The standard InChI is InChI=1S/C12H16FN/c1-8(14)10-6-11(7-10)9-2-4-12(13)5-3-9/h2-5,8,10-11H,6-7,14H2,1H3. The molecule has 0 bridgehead atoms. The second kappa shape index (κ2) is 3.70. The lowest BCUT2D eigenvalue weighted by Gasteiger charge is -2.38. The molecule has 76 valence electrons. The van der Waals surface area contributed by atoms with Crippen LogP contribution in [0.15, 0.2) is 24.3 Å². The Balaban J connectivity index is 1.96. The summed E-state index contributed by atoms with van der Waals surface area (Å²) >= 11 is 0. The van der Waals surface area contributed by atoms with Gasteiger partial charge in [0.2, 0.25) is 0 Å². The lowest BCUT2D eigenvalue weighted by Crippen LogP contribution is -2.36. The van der Waals surface area contributed by atoms with Crippen LogP contribution < -0.4 is 5.73 Å². The minimum Gasteiger partial charge on any atom is -0.328 e. The normalized spacial score (nSPS) is 28.2. The van der Waals surface area contributed by atoms with Crippen molar-refractivity contribution in [3.8, 4) is 0 Å². The molecule has 14 heavy (non-hydrogen) atoms. The Morgan fingerprint density at radius 2 is 1.86 bits per heavy atom. The van der Waals surface area contributed by atoms with Crippen molar-refractivity contribution in [2.75, 3.05) is 0 Å². The van der Waals surface area contributed by atoms with Crippen LogP contribution in [0.1, 0.15) is 31.2 Å². The van der Waals surface area contributed by atoms with E-state index in [-0.39, 0.29) is 5.82 Å². The van der Waals surface area contributed by atoms with E-state index in [1.54, 1.807) is 0 Å². The second-order valence-corrected chi connectivity index (χ2v) is 4.34. The van der Waals surface area contributed by atoms with Gasteiger partial charge in [-0.1, -0.05) is 12.1 Å². The highest BCUT2D eigenvalue weighted by atomic mass is 19.1. The maximum absolute atomic E-state index is 12.7. The Morgan fingerprint density at radius 1 is 1.29 bits per heavy atom. The predicted octanol–water partition coefficient (Wildman–Crippen LogP) is 2.67. The molecule has 1 unspecified atom stereocenters. The van der Waals surface area contributed by atoms with Crippen LogP contribution in [0.3, 0.4) is 0 Å². The summed E-state index contributed by atoms with van der Waals surface area (Å²) in [5.74, 6) is 1.11. The summed E-state index contributed by atoms with van der Waals surface area (Å²) in [6, 6.07) is 7.14. The molecule has 1 aromatic carbocycles. The SMILES string of the molecule is CC(N)C1CC(c2ccc(F)cc2)C1. The zero-order chi connectivity index (χ0) is 10.1. The van der Waals surface area contributed by atoms with E-state index < -0.39 is 0 Å². The minimum absolute atomic E-state index is 0.156. The fraction of sp³-hybridized carbons (Fsp3) is 0.500. The summed E-state index contributed by atoms with van der Waals surface area (Å²) in [4.78, 5) is 0. The Morgan fingerprint density at radius 3 is 2.36 bits per heavy atom. The molecule has 1 aliphatic carbocycles. The molecule has 2 N–H and O–H groups in total. The summed E-state index contributed by atoms with van der Waals surface area (Å²) < 4.78 is 12.7. The number of rotatable bonds is 2. The van der Waals surface area contributed by atoms with Crippen LogP contribution in [0, 0.1) is 11.7 Å². The first-order chi connectivity index (χ1) is 6.66. The van der Waals surface area contributed by atoms with Gasteiger partial charge >= 0.3 is 0 Å². The molecule has 0 heterocycles. The Bertz CT molecular complexity index is 299. The van der Waals surface area contributed by atoms with Crippen LogP contribution in [-0.2, 0) is 0 Å². The van der Waals surface area contributed by atoms with E-state index in [0.29, 0.717) is 17.9 Å².